The van der Waals surface area contributed by atoms with Crippen molar-refractivity contribution in [2.75, 3.05) is 12.8 Å². The van der Waals surface area contributed by atoms with Gasteiger partial charge in [0.1, 0.15) is 6.04 Å². The molecule has 4 nitrogen and oxygen atoms in total. The van der Waals surface area contributed by atoms with Gasteiger partial charge < -0.3 is 10.2 Å². The number of thioether (sulfide) groups is 1. The molecule has 0 bridgehead atoms. The number of carbonyl (C=O) groups excluding carboxylic acids is 2. The zero-order valence-electron chi connectivity index (χ0n) is 8.03. The molecule has 1 aliphatic heterocycles. The lowest BCUT2D eigenvalue weighted by molar-refractivity contribution is -0.132. The standard InChI is InChI=1S/C8H14N2O2S/c1-5(2)10(3)7(11)6-4-13-8(12)9-6/h5-6H,4H2,1-3H3,(H,9,12). The molecule has 0 aromatic carbocycles. The highest BCUT2D eigenvalue weighted by molar-refractivity contribution is 8.14. The zero-order chi connectivity index (χ0) is 10.0. The minimum absolute atomic E-state index is 0.00616. The first-order chi connectivity index (χ1) is 6.02. The Balaban J connectivity index is 2.53. The van der Waals surface area contributed by atoms with E-state index in [1.165, 1.54) is 11.8 Å². The number of amides is 2. The van der Waals surface area contributed by atoms with E-state index in [1.54, 1.807) is 11.9 Å². The molecule has 13 heavy (non-hydrogen) atoms. The summed E-state index contributed by atoms with van der Waals surface area (Å²) >= 11 is 1.17. The van der Waals surface area contributed by atoms with E-state index in [0.29, 0.717) is 5.75 Å². The molecular formula is C8H14N2O2S. The van der Waals surface area contributed by atoms with Gasteiger partial charge in [0.25, 0.3) is 5.24 Å². The van der Waals surface area contributed by atoms with Gasteiger partial charge in [0.2, 0.25) is 5.91 Å². The van der Waals surface area contributed by atoms with Crippen LogP contribution in [0.1, 0.15) is 13.8 Å². The Bertz CT molecular complexity index is 230. The van der Waals surface area contributed by atoms with Gasteiger partial charge in [-0.05, 0) is 13.8 Å². The predicted octanol–water partition coefficient (Wildman–Crippen LogP) is 0.678. The van der Waals surface area contributed by atoms with Gasteiger partial charge in [-0.3, -0.25) is 9.59 Å². The van der Waals surface area contributed by atoms with E-state index in [9.17, 15) is 9.59 Å². The first-order valence-electron chi connectivity index (χ1n) is 4.22. The van der Waals surface area contributed by atoms with Gasteiger partial charge in [-0.15, -0.1) is 0 Å². The first-order valence-corrected chi connectivity index (χ1v) is 5.21. The van der Waals surface area contributed by atoms with Gasteiger partial charge in [-0.25, -0.2) is 0 Å². The molecule has 74 valence electrons. The van der Waals surface area contributed by atoms with Gasteiger partial charge in [0.15, 0.2) is 0 Å². The van der Waals surface area contributed by atoms with Crippen molar-refractivity contribution in [2.45, 2.75) is 25.9 Å². The average molecular weight is 202 g/mol. The quantitative estimate of drug-likeness (QED) is 0.716. The smallest absolute Gasteiger partial charge is 0.279 e. The maximum absolute atomic E-state index is 11.6. The Kier molecular flexibility index (Phi) is 3.19. The molecule has 0 aromatic rings. The third kappa shape index (κ3) is 2.37. The monoisotopic (exact) mass is 202 g/mol. The largest absolute Gasteiger partial charge is 0.342 e. The Morgan fingerprint density at radius 3 is 2.69 bits per heavy atom. The lowest BCUT2D eigenvalue weighted by Crippen LogP contribution is -2.46. The van der Waals surface area contributed by atoms with E-state index in [0.717, 1.165) is 0 Å². The van der Waals surface area contributed by atoms with Crippen LogP contribution in [0.5, 0.6) is 0 Å². The highest BCUT2D eigenvalue weighted by Gasteiger charge is 2.30. The number of carbonyl (C=O) groups is 2. The molecule has 1 rings (SSSR count). The summed E-state index contributed by atoms with van der Waals surface area (Å²) in [4.78, 5) is 24.1. The fourth-order valence-corrected chi connectivity index (χ4v) is 1.79. The van der Waals surface area contributed by atoms with Crippen LogP contribution in [-0.4, -0.2) is 40.9 Å². The van der Waals surface area contributed by atoms with E-state index in [1.807, 2.05) is 13.8 Å². The molecule has 2 amide bonds. The molecule has 1 unspecified atom stereocenters. The Morgan fingerprint density at radius 1 is 1.69 bits per heavy atom. The van der Waals surface area contributed by atoms with Crippen molar-refractivity contribution < 1.29 is 9.59 Å². The molecule has 1 atom stereocenters. The minimum Gasteiger partial charge on any atom is -0.342 e. The molecule has 1 heterocycles. The lowest BCUT2D eigenvalue weighted by Gasteiger charge is -2.24. The number of hydrogen-bond donors (Lipinski definition) is 1. The SMILES string of the molecule is CC(C)N(C)C(=O)C1CSC(=O)N1. The predicted molar refractivity (Wildman–Crippen MR) is 52.7 cm³/mol. The molecule has 5 heteroatoms. The average Bonchev–Trinajstić information content (AvgIpc) is 2.49. The highest BCUT2D eigenvalue weighted by atomic mass is 32.2. The normalized spacial score (nSPS) is 21.8. The summed E-state index contributed by atoms with van der Waals surface area (Å²) in [6.45, 7) is 3.89. The van der Waals surface area contributed by atoms with E-state index in [4.69, 9.17) is 0 Å². The second-order valence-electron chi connectivity index (χ2n) is 3.34. The van der Waals surface area contributed by atoms with E-state index >= 15 is 0 Å². The summed E-state index contributed by atoms with van der Waals surface area (Å²) in [6.07, 6.45) is 0. The van der Waals surface area contributed by atoms with Gasteiger partial charge in [0.05, 0.1) is 0 Å². The van der Waals surface area contributed by atoms with Crippen molar-refractivity contribution in [1.82, 2.24) is 10.2 Å². The molecule has 0 spiro atoms. The molecule has 1 saturated heterocycles. The van der Waals surface area contributed by atoms with Crippen LogP contribution in [-0.2, 0) is 4.79 Å². The van der Waals surface area contributed by atoms with Crippen LogP contribution in [0.15, 0.2) is 0 Å². The molecule has 0 aromatic heterocycles. The van der Waals surface area contributed by atoms with Crippen molar-refractivity contribution in [3.63, 3.8) is 0 Å². The second-order valence-corrected chi connectivity index (χ2v) is 4.33. The van der Waals surface area contributed by atoms with Crippen molar-refractivity contribution in [3.8, 4) is 0 Å². The summed E-state index contributed by atoms with van der Waals surface area (Å²) in [5.41, 5.74) is 0. The molecular weight excluding hydrogens is 188 g/mol. The molecule has 0 saturated carbocycles. The molecule has 1 N–H and O–H groups in total. The fraction of sp³-hybridized carbons (Fsp3) is 0.750. The number of nitrogens with one attached hydrogen (secondary N) is 1. The fourth-order valence-electron chi connectivity index (χ4n) is 1.02. The van der Waals surface area contributed by atoms with Crippen LogP contribution in [0.25, 0.3) is 0 Å². The molecule has 0 radical (unpaired) electrons. The van der Waals surface area contributed by atoms with Gasteiger partial charge in [-0.1, -0.05) is 11.8 Å². The zero-order valence-corrected chi connectivity index (χ0v) is 8.85. The van der Waals surface area contributed by atoms with Gasteiger partial charge >= 0.3 is 0 Å². The number of likely N-dealkylation sites (N-methyl/N-ethyl adjacent to an activating group) is 1. The summed E-state index contributed by atoms with van der Waals surface area (Å²) in [6, 6.07) is -0.153. The van der Waals surface area contributed by atoms with E-state index in [-0.39, 0.29) is 23.2 Å². The van der Waals surface area contributed by atoms with E-state index < -0.39 is 0 Å². The maximum atomic E-state index is 11.6. The van der Waals surface area contributed by atoms with Crippen molar-refractivity contribution in [3.05, 3.63) is 0 Å². The number of rotatable bonds is 2. The maximum Gasteiger partial charge on any atom is 0.279 e. The van der Waals surface area contributed by atoms with Crippen LogP contribution in [0.2, 0.25) is 0 Å². The van der Waals surface area contributed by atoms with Crippen LogP contribution in [0.4, 0.5) is 4.79 Å². The lowest BCUT2D eigenvalue weighted by atomic mass is 10.2. The van der Waals surface area contributed by atoms with Gasteiger partial charge in [-0.2, -0.15) is 0 Å². The second kappa shape index (κ2) is 4.00. The summed E-state index contributed by atoms with van der Waals surface area (Å²) in [5.74, 6) is 0.544. The van der Waals surface area contributed by atoms with Gasteiger partial charge in [0, 0.05) is 18.8 Å². The van der Waals surface area contributed by atoms with Crippen LogP contribution < -0.4 is 5.32 Å². The number of hydrogen-bond acceptors (Lipinski definition) is 3. The number of nitrogens with zero attached hydrogens (tertiary/aromatic N) is 1. The topological polar surface area (TPSA) is 49.4 Å². The first kappa shape index (κ1) is 10.4. The van der Waals surface area contributed by atoms with Crippen molar-refractivity contribution in [1.29, 1.82) is 0 Å². The highest BCUT2D eigenvalue weighted by Crippen LogP contribution is 2.14. The van der Waals surface area contributed by atoms with Crippen LogP contribution in [0, 0.1) is 0 Å². The summed E-state index contributed by atoms with van der Waals surface area (Å²) in [5, 5.41) is 2.52. The Morgan fingerprint density at radius 2 is 2.31 bits per heavy atom. The summed E-state index contributed by atoms with van der Waals surface area (Å²) in [7, 11) is 1.75. The third-order valence-electron chi connectivity index (χ3n) is 2.09. The van der Waals surface area contributed by atoms with Crippen LogP contribution >= 0.6 is 11.8 Å². The van der Waals surface area contributed by atoms with Crippen LogP contribution in [0.3, 0.4) is 0 Å². The van der Waals surface area contributed by atoms with Crippen molar-refractivity contribution >= 4 is 22.9 Å². The Hall–Kier alpha value is -0.710. The third-order valence-corrected chi connectivity index (χ3v) is 2.97. The molecule has 1 aliphatic rings. The summed E-state index contributed by atoms with van der Waals surface area (Å²) < 4.78 is 0. The van der Waals surface area contributed by atoms with E-state index in [2.05, 4.69) is 5.32 Å². The van der Waals surface area contributed by atoms with Crippen molar-refractivity contribution in [2.24, 2.45) is 0 Å². The molecule has 0 aliphatic carbocycles. The Labute approximate surface area is 82.0 Å². The molecule has 1 fully saturated rings. The minimum atomic E-state index is -0.329.